The molecule has 0 aromatic heterocycles. The van der Waals surface area contributed by atoms with Gasteiger partial charge in [0.15, 0.2) is 0 Å². The van der Waals surface area contributed by atoms with Crippen molar-refractivity contribution in [3.05, 3.63) is 6.20 Å². The van der Waals surface area contributed by atoms with E-state index in [1.807, 2.05) is 0 Å². The molecule has 0 amide bonds. The lowest BCUT2D eigenvalue weighted by Crippen LogP contribution is -2.32. The fourth-order valence-electron chi connectivity index (χ4n) is 0.950. The summed E-state index contributed by atoms with van der Waals surface area (Å²) in [4.78, 5) is 4.05. The highest BCUT2D eigenvalue weighted by molar-refractivity contribution is 5.50. The lowest BCUT2D eigenvalue weighted by molar-refractivity contribution is 0.606. The van der Waals surface area contributed by atoms with Crippen LogP contribution in [-0.2, 0) is 0 Å². The second kappa shape index (κ2) is 6.85. The molecule has 1 aliphatic heterocycles. The molecule has 0 aromatic rings. The molecule has 4 nitrogen and oxygen atoms in total. The molecule has 0 aromatic carbocycles. The normalized spacial score (nSPS) is 20.7. The zero-order chi connectivity index (χ0) is 8.49. The van der Waals surface area contributed by atoms with Gasteiger partial charge in [-0.3, -0.25) is 0 Å². The molecule has 4 heteroatoms. The van der Waals surface area contributed by atoms with Crippen molar-refractivity contribution in [2.75, 3.05) is 39.3 Å². The van der Waals surface area contributed by atoms with Crippen molar-refractivity contribution in [3.8, 4) is 0 Å². The van der Waals surface area contributed by atoms with Crippen LogP contribution in [0.3, 0.4) is 0 Å². The van der Waals surface area contributed by atoms with Gasteiger partial charge in [0.25, 0.3) is 0 Å². The second-order valence-electron chi connectivity index (χ2n) is 2.61. The quantitative estimate of drug-likeness (QED) is 0.433. The molecule has 68 valence electrons. The van der Waals surface area contributed by atoms with Crippen LogP contribution in [-0.4, -0.2) is 45.1 Å². The van der Waals surface area contributed by atoms with Crippen LogP contribution in [0.5, 0.6) is 0 Å². The topological polar surface area (TPSA) is 48.4 Å². The smallest absolute Gasteiger partial charge is 0.0609 e. The number of nitrogens with one attached hydrogen (secondary N) is 3. The first-order chi connectivity index (χ1) is 6.00. The number of rotatable bonds is 0. The van der Waals surface area contributed by atoms with Crippen LogP contribution in [0.25, 0.3) is 0 Å². The van der Waals surface area contributed by atoms with Crippen LogP contribution < -0.4 is 16.0 Å². The monoisotopic (exact) mass is 168 g/mol. The summed E-state index contributed by atoms with van der Waals surface area (Å²) in [6.45, 7) is 5.69. The van der Waals surface area contributed by atoms with Crippen molar-refractivity contribution in [3.63, 3.8) is 0 Å². The Bertz CT molecular complexity index is 146. The Morgan fingerprint density at radius 3 is 2.67 bits per heavy atom. The Hall–Kier alpha value is -0.830. The molecule has 0 unspecified atom stereocenters. The molecule has 12 heavy (non-hydrogen) atoms. The third kappa shape index (κ3) is 4.91. The number of nitrogens with zero attached hydrogens (tertiary/aromatic N) is 1. The van der Waals surface area contributed by atoms with Crippen LogP contribution in [0.15, 0.2) is 11.2 Å². The van der Waals surface area contributed by atoms with Crippen molar-refractivity contribution in [1.29, 1.82) is 0 Å². The van der Waals surface area contributed by atoms with E-state index in [0.717, 1.165) is 39.3 Å². The first-order valence-electron chi connectivity index (χ1n) is 4.38. The minimum atomic E-state index is 0.804. The van der Waals surface area contributed by atoms with Crippen LogP contribution in [0.2, 0.25) is 0 Å². The summed E-state index contributed by atoms with van der Waals surface area (Å²) < 4.78 is 0. The molecular weight excluding hydrogens is 152 g/mol. The third-order valence-electron chi connectivity index (χ3n) is 1.58. The molecule has 0 atom stereocenters. The van der Waals surface area contributed by atoms with E-state index in [2.05, 4.69) is 26.8 Å². The number of aliphatic imine (C=N–C) groups is 1. The van der Waals surface area contributed by atoms with E-state index in [0.29, 0.717) is 0 Å². The molecular formula is C8H16N4. The molecule has 0 bridgehead atoms. The Kier molecular flexibility index (Phi) is 5.29. The van der Waals surface area contributed by atoms with E-state index in [9.17, 15) is 0 Å². The van der Waals surface area contributed by atoms with E-state index < -0.39 is 0 Å². The van der Waals surface area contributed by atoms with Gasteiger partial charge in [0.1, 0.15) is 0 Å². The maximum atomic E-state index is 4.05. The van der Waals surface area contributed by atoms with Gasteiger partial charge in [-0.2, -0.15) is 0 Å². The highest BCUT2D eigenvalue weighted by Gasteiger charge is 1.87. The molecule has 0 radical (unpaired) electrons. The van der Waals surface area contributed by atoms with Crippen molar-refractivity contribution in [2.24, 2.45) is 4.99 Å². The van der Waals surface area contributed by atoms with Gasteiger partial charge < -0.3 is 16.0 Å². The van der Waals surface area contributed by atoms with Crippen molar-refractivity contribution >= 4 is 5.87 Å². The molecule has 1 rings (SSSR count). The highest BCUT2D eigenvalue weighted by atomic mass is 15.0. The average Bonchev–Trinajstić information content (AvgIpc) is 2.05. The van der Waals surface area contributed by atoms with Gasteiger partial charge in [-0.05, 0) is 5.87 Å². The molecule has 1 aliphatic rings. The fourth-order valence-corrected chi connectivity index (χ4v) is 0.950. The number of hydrogen-bond donors (Lipinski definition) is 3. The van der Waals surface area contributed by atoms with Crippen LogP contribution >= 0.6 is 0 Å². The summed E-state index contributed by atoms with van der Waals surface area (Å²) in [6.07, 6.45) is 1.77. The summed E-state index contributed by atoms with van der Waals surface area (Å²) in [5.41, 5.74) is 0. The molecule has 0 spiro atoms. The van der Waals surface area contributed by atoms with Gasteiger partial charge in [0.05, 0.1) is 12.7 Å². The lowest BCUT2D eigenvalue weighted by Gasteiger charge is -2.05. The predicted octanol–water partition coefficient (Wildman–Crippen LogP) is -1.05. The first-order valence-corrected chi connectivity index (χ1v) is 4.38. The molecule has 0 aliphatic carbocycles. The first kappa shape index (κ1) is 9.26. The van der Waals surface area contributed by atoms with Gasteiger partial charge in [0, 0.05) is 32.7 Å². The van der Waals surface area contributed by atoms with Crippen LogP contribution in [0, 0.1) is 0 Å². The maximum Gasteiger partial charge on any atom is 0.0609 e. The third-order valence-corrected chi connectivity index (χ3v) is 1.58. The maximum absolute atomic E-state index is 4.05. The summed E-state index contributed by atoms with van der Waals surface area (Å²) in [7, 11) is 0. The summed E-state index contributed by atoms with van der Waals surface area (Å²) in [6, 6.07) is 0. The Labute approximate surface area is 73.1 Å². The highest BCUT2D eigenvalue weighted by Crippen LogP contribution is 1.67. The SMILES string of the molecule is C1=CNCCNCCNCCN=1. The standard InChI is InChI=1S/C8H16N4/c1-2-10-5-6-12-8-7-11-4-3-9-1/h1,9,11-12H,3-8H2. The van der Waals surface area contributed by atoms with Crippen molar-refractivity contribution in [2.45, 2.75) is 0 Å². The summed E-state index contributed by atoms with van der Waals surface area (Å²) in [5, 5.41) is 9.66. The van der Waals surface area contributed by atoms with E-state index >= 15 is 0 Å². The predicted molar refractivity (Wildman–Crippen MR) is 50.6 cm³/mol. The second-order valence-corrected chi connectivity index (χ2v) is 2.61. The molecule has 0 fully saturated rings. The van der Waals surface area contributed by atoms with E-state index in [-0.39, 0.29) is 0 Å². The lowest BCUT2D eigenvalue weighted by atomic mass is 10.5. The van der Waals surface area contributed by atoms with Gasteiger partial charge in [-0.25, -0.2) is 4.99 Å². The van der Waals surface area contributed by atoms with E-state index in [1.54, 1.807) is 6.20 Å². The van der Waals surface area contributed by atoms with Gasteiger partial charge in [-0.15, -0.1) is 0 Å². The minimum Gasteiger partial charge on any atom is -0.382 e. The molecule has 0 saturated heterocycles. The summed E-state index contributed by atoms with van der Waals surface area (Å²) in [5.74, 6) is 2.82. The van der Waals surface area contributed by atoms with Crippen molar-refractivity contribution in [1.82, 2.24) is 16.0 Å². The fraction of sp³-hybridized carbons (Fsp3) is 0.750. The zero-order valence-corrected chi connectivity index (χ0v) is 7.27. The minimum absolute atomic E-state index is 0.804. The van der Waals surface area contributed by atoms with Gasteiger partial charge >= 0.3 is 0 Å². The van der Waals surface area contributed by atoms with Crippen LogP contribution in [0.4, 0.5) is 0 Å². The van der Waals surface area contributed by atoms with E-state index in [1.165, 1.54) is 0 Å². The molecule has 3 N–H and O–H groups in total. The van der Waals surface area contributed by atoms with Gasteiger partial charge in [-0.1, -0.05) is 0 Å². The summed E-state index contributed by atoms with van der Waals surface area (Å²) >= 11 is 0. The number of hydrogen-bond acceptors (Lipinski definition) is 4. The largest absolute Gasteiger partial charge is 0.382 e. The molecule has 0 saturated carbocycles. The zero-order valence-electron chi connectivity index (χ0n) is 7.27. The molecule has 1 heterocycles. The van der Waals surface area contributed by atoms with Crippen molar-refractivity contribution < 1.29 is 0 Å². The Balaban J connectivity index is 2.22. The average molecular weight is 168 g/mol. The van der Waals surface area contributed by atoms with Gasteiger partial charge in [0.2, 0.25) is 0 Å². The van der Waals surface area contributed by atoms with E-state index in [4.69, 9.17) is 0 Å². The Morgan fingerprint density at radius 1 is 1.00 bits per heavy atom. The van der Waals surface area contributed by atoms with Crippen LogP contribution in [0.1, 0.15) is 0 Å². The Morgan fingerprint density at radius 2 is 1.75 bits per heavy atom.